The maximum Gasteiger partial charge on any atom is 0.321 e. The van der Waals surface area contributed by atoms with Gasteiger partial charge in [0.1, 0.15) is 11.7 Å². The molecule has 0 N–H and O–H groups in total. The molecule has 31 heavy (non-hydrogen) atoms. The second-order valence-electron chi connectivity index (χ2n) is 6.77. The highest BCUT2D eigenvalue weighted by atomic mass is 35.5. The molecule has 0 amide bonds. The van der Waals surface area contributed by atoms with Gasteiger partial charge in [0.15, 0.2) is 0 Å². The second kappa shape index (κ2) is 10.4. The largest absolute Gasteiger partial charge is 0.465 e. The summed E-state index contributed by atoms with van der Waals surface area (Å²) in [6, 6.07) is 9.55. The monoisotopic (exact) mass is 481 g/mol. The van der Waals surface area contributed by atoms with Gasteiger partial charge in [-0.15, -0.1) is 0 Å². The molecule has 1 aromatic carbocycles. The van der Waals surface area contributed by atoms with Gasteiger partial charge in [-0.1, -0.05) is 48.7 Å². The standard InChI is InChI=1S/C21H21Cl2N3O4S/c1-2-3-10-30-20(27)14-26(13-15-6-4-5-9-24-15)31(28,29)16-7-8-17-18(11-16)21(23)25-12-19(17)22/h4-9,11-12H,2-3,10,13-14H2,1H3. The van der Waals surface area contributed by atoms with Crippen molar-refractivity contribution in [3.05, 3.63) is 64.7 Å². The first kappa shape index (κ1) is 23.4. The molecule has 3 aromatic rings. The van der Waals surface area contributed by atoms with Crippen molar-refractivity contribution >= 4 is 50.0 Å². The van der Waals surface area contributed by atoms with Crippen molar-refractivity contribution in [3.63, 3.8) is 0 Å². The van der Waals surface area contributed by atoms with Crippen molar-refractivity contribution in [2.45, 2.75) is 31.2 Å². The van der Waals surface area contributed by atoms with Gasteiger partial charge in [0.05, 0.1) is 28.8 Å². The number of carbonyl (C=O) groups excluding carboxylic acids is 1. The van der Waals surface area contributed by atoms with E-state index in [4.69, 9.17) is 27.9 Å². The van der Waals surface area contributed by atoms with Crippen LogP contribution in [0.2, 0.25) is 10.2 Å². The van der Waals surface area contributed by atoms with Gasteiger partial charge < -0.3 is 4.74 Å². The van der Waals surface area contributed by atoms with Crippen LogP contribution in [0.1, 0.15) is 25.5 Å². The highest BCUT2D eigenvalue weighted by Gasteiger charge is 2.28. The van der Waals surface area contributed by atoms with Gasteiger partial charge in [0, 0.05) is 23.2 Å². The molecule has 164 valence electrons. The quantitative estimate of drug-likeness (QED) is 0.254. The van der Waals surface area contributed by atoms with Crippen molar-refractivity contribution in [1.29, 1.82) is 0 Å². The lowest BCUT2D eigenvalue weighted by molar-refractivity contribution is -0.144. The Morgan fingerprint density at radius 1 is 1.13 bits per heavy atom. The zero-order chi connectivity index (χ0) is 22.4. The number of unbranched alkanes of at least 4 members (excludes halogenated alkanes) is 1. The van der Waals surface area contributed by atoms with Gasteiger partial charge in [0.2, 0.25) is 10.0 Å². The highest BCUT2D eigenvalue weighted by Crippen LogP contribution is 2.31. The van der Waals surface area contributed by atoms with Gasteiger partial charge in [-0.3, -0.25) is 9.78 Å². The Kier molecular flexibility index (Phi) is 7.83. The summed E-state index contributed by atoms with van der Waals surface area (Å²) in [6.07, 6.45) is 4.52. The van der Waals surface area contributed by atoms with Crippen LogP contribution in [-0.4, -0.2) is 41.8 Å². The molecular weight excluding hydrogens is 461 g/mol. The van der Waals surface area contributed by atoms with Crippen LogP contribution >= 0.6 is 23.2 Å². The maximum absolute atomic E-state index is 13.4. The van der Waals surface area contributed by atoms with Crippen molar-refractivity contribution < 1.29 is 17.9 Å². The molecule has 0 spiro atoms. The van der Waals surface area contributed by atoms with Crippen LogP contribution in [0.15, 0.2) is 53.7 Å². The molecule has 0 saturated carbocycles. The molecule has 0 unspecified atom stereocenters. The van der Waals surface area contributed by atoms with Crippen LogP contribution in [0.5, 0.6) is 0 Å². The molecule has 2 aromatic heterocycles. The Labute approximate surface area is 191 Å². The van der Waals surface area contributed by atoms with E-state index in [2.05, 4.69) is 9.97 Å². The van der Waals surface area contributed by atoms with Crippen molar-refractivity contribution in [3.8, 4) is 0 Å². The first-order valence-corrected chi connectivity index (χ1v) is 11.8. The van der Waals surface area contributed by atoms with Gasteiger partial charge in [-0.2, -0.15) is 4.31 Å². The SMILES string of the molecule is CCCCOC(=O)CN(Cc1ccccn1)S(=O)(=O)c1ccc2c(Cl)cnc(Cl)c2c1. The predicted molar refractivity (Wildman–Crippen MR) is 119 cm³/mol. The number of carbonyl (C=O) groups is 1. The third-order valence-electron chi connectivity index (χ3n) is 4.53. The lowest BCUT2D eigenvalue weighted by Gasteiger charge is -2.21. The summed E-state index contributed by atoms with van der Waals surface area (Å²) in [5.41, 5.74) is 0.496. The number of benzene rings is 1. The number of halogens is 2. The van der Waals surface area contributed by atoms with Crippen LogP contribution in [0.3, 0.4) is 0 Å². The minimum atomic E-state index is -4.08. The Morgan fingerprint density at radius 3 is 2.65 bits per heavy atom. The Morgan fingerprint density at radius 2 is 1.94 bits per heavy atom. The van der Waals surface area contributed by atoms with E-state index in [9.17, 15) is 13.2 Å². The Balaban J connectivity index is 1.97. The average Bonchev–Trinajstić information content (AvgIpc) is 2.76. The van der Waals surface area contributed by atoms with Crippen LogP contribution in [0.4, 0.5) is 0 Å². The number of sulfonamides is 1. The summed E-state index contributed by atoms with van der Waals surface area (Å²) >= 11 is 12.3. The summed E-state index contributed by atoms with van der Waals surface area (Å²) in [7, 11) is -4.08. The van der Waals surface area contributed by atoms with E-state index in [1.165, 1.54) is 18.3 Å². The average molecular weight is 482 g/mol. The van der Waals surface area contributed by atoms with Crippen molar-refractivity contribution in [1.82, 2.24) is 14.3 Å². The molecule has 0 saturated heterocycles. The van der Waals surface area contributed by atoms with Crippen LogP contribution in [0.25, 0.3) is 10.8 Å². The summed E-state index contributed by atoms with van der Waals surface area (Å²) in [4.78, 5) is 20.4. The minimum Gasteiger partial charge on any atom is -0.465 e. The van der Waals surface area contributed by atoms with Gasteiger partial charge in [-0.25, -0.2) is 13.4 Å². The minimum absolute atomic E-state index is 0.0387. The molecule has 10 heteroatoms. The van der Waals surface area contributed by atoms with Crippen molar-refractivity contribution in [2.75, 3.05) is 13.2 Å². The number of fused-ring (bicyclic) bond motifs is 1. The molecular formula is C21H21Cl2N3O4S. The number of pyridine rings is 2. The summed E-state index contributed by atoms with van der Waals surface area (Å²) in [5, 5.41) is 1.47. The van der Waals surface area contributed by atoms with E-state index in [1.54, 1.807) is 30.5 Å². The smallest absolute Gasteiger partial charge is 0.321 e. The van der Waals surface area contributed by atoms with E-state index in [0.717, 1.165) is 10.7 Å². The number of nitrogens with zero attached hydrogens (tertiary/aromatic N) is 3. The number of ether oxygens (including phenoxy) is 1. The molecule has 3 rings (SSSR count). The lowest BCUT2D eigenvalue weighted by Crippen LogP contribution is -2.36. The first-order valence-electron chi connectivity index (χ1n) is 9.62. The van der Waals surface area contributed by atoms with E-state index in [-0.39, 0.29) is 23.2 Å². The van der Waals surface area contributed by atoms with Crippen molar-refractivity contribution in [2.24, 2.45) is 0 Å². The molecule has 0 aliphatic carbocycles. The Hall–Kier alpha value is -2.26. The summed E-state index contributed by atoms with van der Waals surface area (Å²) < 4.78 is 33.1. The molecule has 2 heterocycles. The van der Waals surface area contributed by atoms with Gasteiger partial charge in [-0.05, 0) is 30.7 Å². The molecule has 0 atom stereocenters. The zero-order valence-electron chi connectivity index (χ0n) is 16.8. The van der Waals surface area contributed by atoms with Crippen LogP contribution in [-0.2, 0) is 26.1 Å². The molecule has 0 aliphatic rings. The Bertz CT molecular complexity index is 1170. The summed E-state index contributed by atoms with van der Waals surface area (Å²) in [6.45, 7) is 1.67. The molecule has 0 radical (unpaired) electrons. The van der Waals surface area contributed by atoms with Gasteiger partial charge in [0.25, 0.3) is 0 Å². The number of hydrogen-bond donors (Lipinski definition) is 0. The lowest BCUT2D eigenvalue weighted by atomic mass is 10.2. The van der Waals surface area contributed by atoms with E-state index >= 15 is 0 Å². The molecule has 7 nitrogen and oxygen atoms in total. The fourth-order valence-electron chi connectivity index (χ4n) is 2.88. The highest BCUT2D eigenvalue weighted by molar-refractivity contribution is 7.89. The number of rotatable bonds is 9. The van der Waals surface area contributed by atoms with Crippen LogP contribution < -0.4 is 0 Å². The van der Waals surface area contributed by atoms with E-state index in [0.29, 0.717) is 27.9 Å². The topological polar surface area (TPSA) is 89.5 Å². The fraction of sp³-hybridized carbons (Fsp3) is 0.286. The number of aromatic nitrogens is 2. The van der Waals surface area contributed by atoms with Gasteiger partial charge >= 0.3 is 5.97 Å². The van der Waals surface area contributed by atoms with E-state index in [1.807, 2.05) is 6.92 Å². The molecule has 0 fully saturated rings. The normalized spacial score (nSPS) is 11.7. The first-order chi connectivity index (χ1) is 14.8. The number of hydrogen-bond acceptors (Lipinski definition) is 6. The molecule has 0 aliphatic heterocycles. The van der Waals surface area contributed by atoms with E-state index < -0.39 is 22.5 Å². The number of esters is 1. The summed E-state index contributed by atoms with van der Waals surface area (Å²) in [5.74, 6) is -0.628. The zero-order valence-corrected chi connectivity index (χ0v) is 19.1. The second-order valence-corrected chi connectivity index (χ2v) is 9.48. The third-order valence-corrected chi connectivity index (χ3v) is 6.92. The molecule has 0 bridgehead atoms. The van der Waals surface area contributed by atoms with Crippen LogP contribution in [0, 0.1) is 0 Å². The predicted octanol–water partition coefficient (Wildman–Crippen LogP) is 4.47. The fourth-order valence-corrected chi connectivity index (χ4v) is 4.68. The third kappa shape index (κ3) is 5.71. The maximum atomic E-state index is 13.4.